The van der Waals surface area contributed by atoms with Crippen LogP contribution < -0.4 is 10.6 Å². The molecular formula is C21H24N2O2. The summed E-state index contributed by atoms with van der Waals surface area (Å²) in [7, 11) is 0. The fraction of sp³-hybridized carbons (Fsp3) is 0.381. The maximum absolute atomic E-state index is 12.1. The average Bonchev–Trinajstić information content (AvgIpc) is 2.99. The van der Waals surface area contributed by atoms with Crippen LogP contribution in [0.4, 0.5) is 4.79 Å². The fourth-order valence-corrected chi connectivity index (χ4v) is 3.98. The molecule has 1 atom stereocenters. The number of rotatable bonds is 4. The zero-order valence-electron chi connectivity index (χ0n) is 14.3. The van der Waals surface area contributed by atoms with Crippen LogP contribution in [-0.2, 0) is 4.74 Å². The summed E-state index contributed by atoms with van der Waals surface area (Å²) >= 11 is 0. The molecule has 4 nitrogen and oxygen atoms in total. The highest BCUT2D eigenvalue weighted by molar-refractivity contribution is 5.79. The summed E-state index contributed by atoms with van der Waals surface area (Å²) in [5, 5.41) is 6.29. The predicted octanol–water partition coefficient (Wildman–Crippen LogP) is 3.52. The molecule has 1 aliphatic heterocycles. The largest absolute Gasteiger partial charge is 0.449 e. The molecule has 1 heterocycles. The van der Waals surface area contributed by atoms with Crippen LogP contribution in [0.15, 0.2) is 48.5 Å². The number of benzene rings is 2. The summed E-state index contributed by atoms with van der Waals surface area (Å²) in [6.45, 7) is 3.12. The number of nitrogens with one attached hydrogen (secondary N) is 2. The van der Waals surface area contributed by atoms with Crippen molar-refractivity contribution in [2.45, 2.75) is 18.8 Å². The molecule has 2 N–H and O–H groups in total. The topological polar surface area (TPSA) is 50.4 Å². The van der Waals surface area contributed by atoms with Gasteiger partial charge in [0.15, 0.2) is 0 Å². The molecule has 0 aromatic heterocycles. The monoisotopic (exact) mass is 336 g/mol. The Hall–Kier alpha value is -2.33. The van der Waals surface area contributed by atoms with Gasteiger partial charge < -0.3 is 15.4 Å². The zero-order chi connectivity index (χ0) is 17.1. The van der Waals surface area contributed by atoms with Crippen molar-refractivity contribution in [2.24, 2.45) is 5.92 Å². The lowest BCUT2D eigenvalue weighted by atomic mass is 9.98. The first-order chi connectivity index (χ1) is 12.3. The van der Waals surface area contributed by atoms with Crippen molar-refractivity contribution in [2.75, 3.05) is 26.2 Å². The van der Waals surface area contributed by atoms with E-state index in [4.69, 9.17) is 4.74 Å². The number of hydrogen-bond donors (Lipinski definition) is 2. The van der Waals surface area contributed by atoms with E-state index < -0.39 is 0 Å². The molecule has 2 aromatic rings. The van der Waals surface area contributed by atoms with Gasteiger partial charge in [-0.1, -0.05) is 48.5 Å². The molecule has 130 valence electrons. The minimum atomic E-state index is -0.313. The predicted molar refractivity (Wildman–Crippen MR) is 98.7 cm³/mol. The Bertz CT molecular complexity index is 708. The van der Waals surface area contributed by atoms with Gasteiger partial charge in [0.25, 0.3) is 0 Å². The molecule has 4 rings (SSSR count). The molecule has 1 aliphatic carbocycles. The number of ether oxygens (including phenoxy) is 1. The first-order valence-electron chi connectivity index (χ1n) is 9.12. The van der Waals surface area contributed by atoms with Gasteiger partial charge >= 0.3 is 6.09 Å². The molecule has 1 saturated heterocycles. The third-order valence-corrected chi connectivity index (χ3v) is 5.28. The van der Waals surface area contributed by atoms with Gasteiger partial charge in [-0.15, -0.1) is 0 Å². The summed E-state index contributed by atoms with van der Waals surface area (Å²) in [5.41, 5.74) is 4.99. The van der Waals surface area contributed by atoms with E-state index in [9.17, 15) is 4.79 Å². The van der Waals surface area contributed by atoms with Gasteiger partial charge in [0.1, 0.15) is 6.61 Å². The van der Waals surface area contributed by atoms with Crippen LogP contribution in [0.1, 0.15) is 29.9 Å². The minimum Gasteiger partial charge on any atom is -0.449 e. The number of carbonyl (C=O) groups excluding carboxylic acids is 1. The van der Waals surface area contributed by atoms with Gasteiger partial charge in [0.2, 0.25) is 0 Å². The number of amides is 1. The number of alkyl carbamates (subject to hydrolysis) is 1. The van der Waals surface area contributed by atoms with Gasteiger partial charge in [0, 0.05) is 12.5 Å². The number of carbonyl (C=O) groups is 1. The normalized spacial score (nSPS) is 19.1. The number of fused-ring (bicyclic) bond motifs is 3. The Morgan fingerprint density at radius 2 is 1.76 bits per heavy atom. The average molecular weight is 336 g/mol. The molecule has 0 spiro atoms. The molecule has 2 aromatic carbocycles. The Morgan fingerprint density at radius 3 is 2.40 bits per heavy atom. The van der Waals surface area contributed by atoms with Crippen LogP contribution in [0.3, 0.4) is 0 Å². The van der Waals surface area contributed by atoms with Crippen LogP contribution in [0.25, 0.3) is 11.1 Å². The highest BCUT2D eigenvalue weighted by Crippen LogP contribution is 2.44. The Morgan fingerprint density at radius 1 is 1.08 bits per heavy atom. The summed E-state index contributed by atoms with van der Waals surface area (Å²) < 4.78 is 5.56. The van der Waals surface area contributed by atoms with E-state index in [1.165, 1.54) is 28.7 Å². The van der Waals surface area contributed by atoms with Crippen LogP contribution >= 0.6 is 0 Å². The van der Waals surface area contributed by atoms with E-state index in [1.807, 2.05) is 12.1 Å². The zero-order valence-corrected chi connectivity index (χ0v) is 14.3. The standard InChI is InChI=1S/C21H24N2O2/c24-21(23-13-15-6-5-11-22-12-15)25-14-20-18-9-3-1-7-16(18)17-8-2-4-10-19(17)20/h1-4,7-10,15,20,22H,5-6,11-14H2,(H,23,24)/t15-/m1/s1. The van der Waals surface area contributed by atoms with Crippen molar-refractivity contribution in [1.82, 2.24) is 10.6 Å². The van der Waals surface area contributed by atoms with Crippen LogP contribution in [0.2, 0.25) is 0 Å². The van der Waals surface area contributed by atoms with Gasteiger partial charge in [-0.2, -0.15) is 0 Å². The van der Waals surface area contributed by atoms with Gasteiger partial charge in [-0.25, -0.2) is 4.79 Å². The first-order valence-corrected chi connectivity index (χ1v) is 9.12. The maximum atomic E-state index is 12.1. The summed E-state index contributed by atoms with van der Waals surface area (Å²) in [5.74, 6) is 0.628. The highest BCUT2D eigenvalue weighted by Gasteiger charge is 2.29. The van der Waals surface area contributed by atoms with Crippen molar-refractivity contribution < 1.29 is 9.53 Å². The summed E-state index contributed by atoms with van der Waals surface area (Å²) in [6, 6.07) is 16.8. The second-order valence-corrected chi connectivity index (χ2v) is 6.92. The number of hydrogen-bond acceptors (Lipinski definition) is 3. The Balaban J connectivity index is 1.38. The van der Waals surface area contributed by atoms with Crippen molar-refractivity contribution >= 4 is 6.09 Å². The SMILES string of the molecule is O=C(NC[C@@H]1CCCNC1)OCC1c2ccccc2-c2ccccc21. The molecule has 2 aliphatic rings. The number of piperidine rings is 1. The Labute approximate surface area is 148 Å². The van der Waals surface area contributed by atoms with Gasteiger partial charge in [-0.3, -0.25) is 0 Å². The molecule has 0 unspecified atom stereocenters. The van der Waals surface area contributed by atoms with E-state index in [2.05, 4.69) is 47.0 Å². The van der Waals surface area contributed by atoms with E-state index in [0.29, 0.717) is 19.1 Å². The van der Waals surface area contributed by atoms with Gasteiger partial charge in [0.05, 0.1) is 0 Å². The molecule has 4 heteroatoms. The lowest BCUT2D eigenvalue weighted by Crippen LogP contribution is -2.38. The van der Waals surface area contributed by atoms with Crippen molar-refractivity contribution in [3.63, 3.8) is 0 Å². The van der Waals surface area contributed by atoms with Crippen molar-refractivity contribution in [3.8, 4) is 11.1 Å². The first kappa shape index (κ1) is 16.2. The lowest BCUT2D eigenvalue weighted by molar-refractivity contribution is 0.140. The van der Waals surface area contributed by atoms with Crippen molar-refractivity contribution in [1.29, 1.82) is 0 Å². The quantitative estimate of drug-likeness (QED) is 0.898. The van der Waals surface area contributed by atoms with E-state index in [1.54, 1.807) is 0 Å². The van der Waals surface area contributed by atoms with Crippen LogP contribution in [0.5, 0.6) is 0 Å². The second-order valence-electron chi connectivity index (χ2n) is 6.92. The molecule has 0 bridgehead atoms. The molecule has 1 fully saturated rings. The molecule has 1 amide bonds. The van der Waals surface area contributed by atoms with E-state index >= 15 is 0 Å². The third-order valence-electron chi connectivity index (χ3n) is 5.28. The smallest absolute Gasteiger partial charge is 0.407 e. The van der Waals surface area contributed by atoms with Crippen LogP contribution in [-0.4, -0.2) is 32.3 Å². The van der Waals surface area contributed by atoms with Gasteiger partial charge in [-0.05, 0) is 54.1 Å². The van der Waals surface area contributed by atoms with E-state index in [0.717, 1.165) is 19.5 Å². The second kappa shape index (κ2) is 7.28. The fourth-order valence-electron chi connectivity index (χ4n) is 3.98. The Kier molecular flexibility index (Phi) is 4.70. The molecule has 25 heavy (non-hydrogen) atoms. The summed E-state index contributed by atoms with van der Waals surface area (Å²) in [4.78, 5) is 12.1. The summed E-state index contributed by atoms with van der Waals surface area (Å²) in [6.07, 6.45) is 2.03. The van der Waals surface area contributed by atoms with Crippen molar-refractivity contribution in [3.05, 3.63) is 59.7 Å². The highest BCUT2D eigenvalue weighted by atomic mass is 16.5. The third kappa shape index (κ3) is 3.40. The lowest BCUT2D eigenvalue weighted by Gasteiger charge is -2.23. The molecule has 0 saturated carbocycles. The van der Waals surface area contributed by atoms with Crippen LogP contribution in [0, 0.1) is 5.92 Å². The van der Waals surface area contributed by atoms with E-state index in [-0.39, 0.29) is 12.0 Å². The maximum Gasteiger partial charge on any atom is 0.407 e. The molecule has 0 radical (unpaired) electrons. The minimum absolute atomic E-state index is 0.120. The molecular weight excluding hydrogens is 312 g/mol.